The summed E-state index contributed by atoms with van der Waals surface area (Å²) >= 11 is 0. The largest absolute Gasteiger partial charge is 0.497 e. The molecule has 0 saturated carbocycles. The van der Waals surface area contributed by atoms with Crippen molar-refractivity contribution >= 4 is 22.7 Å². The molecule has 0 spiro atoms. The second kappa shape index (κ2) is 8.97. The molecule has 4 rings (SSSR count). The maximum atomic E-state index is 15.1. The highest BCUT2D eigenvalue weighted by Gasteiger charge is 2.28. The first-order valence-electron chi connectivity index (χ1n) is 11.1. The molecule has 0 bridgehead atoms. The van der Waals surface area contributed by atoms with E-state index in [1.165, 1.54) is 13.2 Å². The lowest BCUT2D eigenvalue weighted by Crippen LogP contribution is -2.40. The zero-order valence-corrected chi connectivity index (χ0v) is 19.9. The molecule has 3 aromatic rings. The molecule has 186 valence electrons. The standard InChI is InChI=1S/C24H27FN4O6/c1-24(2,3)35-22(31)26-14-9-10-27(13-14)20-12-19-17(11-18(20)25)21(30)29(33)23(32)28(19)15-5-7-16(34-4)8-6-15/h5-8,11-12,14,33H,9-10,13H2,1-4H3,(H,26,31). The number of hydrogen-bond acceptors (Lipinski definition) is 7. The highest BCUT2D eigenvalue weighted by molar-refractivity contribution is 5.84. The van der Waals surface area contributed by atoms with Gasteiger partial charge in [0.05, 0.1) is 35.4 Å². The minimum absolute atomic E-state index is 0.0394. The number of halogens is 1. The van der Waals surface area contributed by atoms with Crippen molar-refractivity contribution in [2.75, 3.05) is 25.1 Å². The first kappa shape index (κ1) is 24.1. The molecular weight excluding hydrogens is 459 g/mol. The van der Waals surface area contributed by atoms with Crippen molar-refractivity contribution in [1.82, 2.24) is 14.6 Å². The maximum Gasteiger partial charge on any atom is 0.407 e. The number of carbonyl (C=O) groups is 1. The smallest absolute Gasteiger partial charge is 0.407 e. The number of aromatic nitrogens is 2. The van der Waals surface area contributed by atoms with Crippen LogP contribution in [0.3, 0.4) is 0 Å². The third kappa shape index (κ3) is 4.79. The van der Waals surface area contributed by atoms with Gasteiger partial charge in [-0.15, -0.1) is 0 Å². The van der Waals surface area contributed by atoms with Crippen molar-refractivity contribution in [2.24, 2.45) is 0 Å². The highest BCUT2D eigenvalue weighted by Crippen LogP contribution is 2.28. The first-order chi connectivity index (χ1) is 16.5. The van der Waals surface area contributed by atoms with Crippen LogP contribution in [0.1, 0.15) is 27.2 Å². The van der Waals surface area contributed by atoms with Crippen LogP contribution in [-0.4, -0.2) is 52.4 Å². The molecular formula is C24H27FN4O6. The van der Waals surface area contributed by atoms with Crippen LogP contribution >= 0.6 is 0 Å². The van der Waals surface area contributed by atoms with Gasteiger partial charge >= 0.3 is 11.8 Å². The maximum absolute atomic E-state index is 15.1. The SMILES string of the molecule is COc1ccc(-n2c(=O)n(O)c(=O)c3cc(F)c(N4CCC(NC(=O)OC(C)(C)C)C4)cc32)cc1. The number of nitrogens with zero attached hydrogens (tertiary/aromatic N) is 3. The molecule has 1 fully saturated rings. The number of amides is 1. The van der Waals surface area contributed by atoms with Crippen LogP contribution in [0.25, 0.3) is 16.6 Å². The second-order valence-corrected chi connectivity index (χ2v) is 9.33. The molecule has 1 unspecified atom stereocenters. The van der Waals surface area contributed by atoms with E-state index in [-0.39, 0.29) is 27.4 Å². The minimum atomic E-state index is -1.02. The molecule has 1 amide bonds. The number of rotatable bonds is 4. The third-order valence-electron chi connectivity index (χ3n) is 5.68. The normalized spacial score (nSPS) is 15.9. The number of alkyl carbamates (subject to hydrolysis) is 1. The average Bonchev–Trinajstić information content (AvgIpc) is 3.25. The van der Waals surface area contributed by atoms with Crippen LogP contribution in [0, 0.1) is 5.82 Å². The number of benzene rings is 2. The van der Waals surface area contributed by atoms with E-state index in [1.807, 2.05) is 0 Å². The zero-order chi connectivity index (χ0) is 25.5. The van der Waals surface area contributed by atoms with Gasteiger partial charge in [0.2, 0.25) is 0 Å². The molecule has 1 atom stereocenters. The van der Waals surface area contributed by atoms with Gasteiger partial charge in [-0.05, 0) is 63.6 Å². The Bertz CT molecular complexity index is 1390. The van der Waals surface area contributed by atoms with Crippen molar-refractivity contribution in [2.45, 2.75) is 38.8 Å². The van der Waals surface area contributed by atoms with Crippen LogP contribution in [0.15, 0.2) is 46.0 Å². The van der Waals surface area contributed by atoms with Crippen molar-refractivity contribution in [3.05, 3.63) is 63.1 Å². The van der Waals surface area contributed by atoms with Crippen LogP contribution < -0.4 is 26.2 Å². The van der Waals surface area contributed by atoms with Crippen LogP contribution in [0.4, 0.5) is 14.9 Å². The van der Waals surface area contributed by atoms with Crippen molar-refractivity contribution in [1.29, 1.82) is 0 Å². The molecule has 35 heavy (non-hydrogen) atoms. The molecule has 2 heterocycles. The topological polar surface area (TPSA) is 115 Å². The first-order valence-corrected chi connectivity index (χ1v) is 11.1. The zero-order valence-electron chi connectivity index (χ0n) is 19.9. The van der Waals surface area contributed by atoms with Crippen molar-refractivity contribution in [3.8, 4) is 11.4 Å². The van der Waals surface area contributed by atoms with E-state index in [0.717, 1.165) is 10.6 Å². The average molecular weight is 487 g/mol. The lowest BCUT2D eigenvalue weighted by Gasteiger charge is -2.23. The Morgan fingerprint density at radius 3 is 2.49 bits per heavy atom. The molecule has 1 aliphatic rings. The minimum Gasteiger partial charge on any atom is -0.497 e. The van der Waals surface area contributed by atoms with Gasteiger partial charge in [-0.3, -0.25) is 9.36 Å². The molecule has 10 nitrogen and oxygen atoms in total. The third-order valence-corrected chi connectivity index (χ3v) is 5.68. The van der Waals surface area contributed by atoms with Crippen molar-refractivity contribution in [3.63, 3.8) is 0 Å². The monoisotopic (exact) mass is 486 g/mol. The Balaban J connectivity index is 1.73. The summed E-state index contributed by atoms with van der Waals surface area (Å²) in [6.07, 6.45) is 0.000400. The Labute approximate surface area is 200 Å². The summed E-state index contributed by atoms with van der Waals surface area (Å²) in [5.41, 5.74) is -2.00. The van der Waals surface area contributed by atoms with Crippen LogP contribution in [-0.2, 0) is 4.74 Å². The summed E-state index contributed by atoms with van der Waals surface area (Å²) < 4.78 is 26.7. The fourth-order valence-electron chi connectivity index (χ4n) is 4.10. The van der Waals surface area contributed by atoms with Gasteiger partial charge in [0.15, 0.2) is 0 Å². The number of fused-ring (bicyclic) bond motifs is 1. The second-order valence-electron chi connectivity index (χ2n) is 9.33. The van der Waals surface area contributed by atoms with Gasteiger partial charge in [0, 0.05) is 13.1 Å². The fourth-order valence-corrected chi connectivity index (χ4v) is 4.10. The van der Waals surface area contributed by atoms with Gasteiger partial charge < -0.3 is 24.9 Å². The van der Waals surface area contributed by atoms with Gasteiger partial charge in [0.1, 0.15) is 17.2 Å². The van der Waals surface area contributed by atoms with Crippen LogP contribution in [0.5, 0.6) is 5.75 Å². The molecule has 2 N–H and O–H groups in total. The van der Waals surface area contributed by atoms with E-state index >= 15 is 4.39 Å². The van der Waals surface area contributed by atoms with E-state index in [4.69, 9.17) is 9.47 Å². The van der Waals surface area contributed by atoms with E-state index in [1.54, 1.807) is 49.9 Å². The summed E-state index contributed by atoms with van der Waals surface area (Å²) in [6, 6.07) is 8.57. The summed E-state index contributed by atoms with van der Waals surface area (Å²) in [6.45, 7) is 6.04. The Morgan fingerprint density at radius 1 is 1.17 bits per heavy atom. The summed E-state index contributed by atoms with van der Waals surface area (Å²) in [7, 11) is 1.50. The number of methoxy groups -OCH3 is 1. The van der Waals surface area contributed by atoms with Gasteiger partial charge in [-0.1, -0.05) is 4.73 Å². The lowest BCUT2D eigenvalue weighted by molar-refractivity contribution is 0.0509. The number of anilines is 1. The number of nitrogens with one attached hydrogen (secondary N) is 1. The Morgan fingerprint density at radius 2 is 1.86 bits per heavy atom. The highest BCUT2D eigenvalue weighted by atomic mass is 19.1. The molecule has 0 aliphatic carbocycles. The quantitative estimate of drug-likeness (QED) is 0.545. The van der Waals surface area contributed by atoms with E-state index in [2.05, 4.69) is 5.32 Å². The summed E-state index contributed by atoms with van der Waals surface area (Å²) in [4.78, 5) is 39.2. The predicted molar refractivity (Wildman–Crippen MR) is 127 cm³/mol. The molecule has 0 radical (unpaired) electrons. The Hall–Kier alpha value is -4.02. The number of hydrogen-bond donors (Lipinski definition) is 2. The number of carbonyl (C=O) groups excluding carboxylic acids is 1. The van der Waals surface area contributed by atoms with E-state index in [9.17, 15) is 19.6 Å². The van der Waals surface area contributed by atoms with E-state index < -0.39 is 28.8 Å². The van der Waals surface area contributed by atoms with E-state index in [0.29, 0.717) is 30.9 Å². The van der Waals surface area contributed by atoms with Gasteiger partial charge in [-0.2, -0.15) is 0 Å². The summed E-state index contributed by atoms with van der Waals surface area (Å²) in [5.74, 6) is -0.136. The van der Waals surface area contributed by atoms with Gasteiger partial charge in [0.25, 0.3) is 5.56 Å². The number of ether oxygens (including phenoxy) is 2. The molecule has 1 aliphatic heterocycles. The molecule has 11 heteroatoms. The molecule has 1 saturated heterocycles. The molecule has 1 aromatic heterocycles. The predicted octanol–water partition coefficient (Wildman–Crippen LogP) is 2.64. The van der Waals surface area contributed by atoms with Crippen LogP contribution in [0.2, 0.25) is 0 Å². The Kier molecular flexibility index (Phi) is 6.18. The molecule has 2 aromatic carbocycles. The van der Waals surface area contributed by atoms with Gasteiger partial charge in [-0.25, -0.2) is 14.0 Å². The summed E-state index contributed by atoms with van der Waals surface area (Å²) in [5, 5.41) is 12.7. The van der Waals surface area contributed by atoms with Crippen molar-refractivity contribution < 1.29 is 23.9 Å². The lowest BCUT2D eigenvalue weighted by atomic mass is 10.1. The fraction of sp³-hybridized carbons (Fsp3) is 0.375.